The van der Waals surface area contributed by atoms with Gasteiger partial charge < -0.3 is 9.80 Å². The number of piperazine rings is 1. The Hall–Kier alpha value is -3.33. The zero-order valence-corrected chi connectivity index (χ0v) is 17.1. The smallest absolute Gasteiger partial charge is 0.269 e. The number of hydrogen-bond acceptors (Lipinski definition) is 6. The number of aryl methyl sites for hydroxylation is 1. The number of thiazole rings is 1. The molecule has 1 saturated heterocycles. The van der Waals surface area contributed by atoms with Gasteiger partial charge in [0.05, 0.1) is 10.6 Å². The lowest BCUT2D eigenvalue weighted by molar-refractivity contribution is -0.384. The third-order valence-electron chi connectivity index (χ3n) is 5.07. The van der Waals surface area contributed by atoms with Crippen molar-refractivity contribution >= 4 is 28.6 Å². The van der Waals surface area contributed by atoms with Crippen molar-refractivity contribution in [2.75, 3.05) is 31.1 Å². The summed E-state index contributed by atoms with van der Waals surface area (Å²) >= 11 is 1.32. The number of non-ortho nitro benzene ring substituents is 1. The molecule has 0 spiro atoms. The number of nitrogens with zero attached hydrogens (tertiary/aromatic N) is 4. The summed E-state index contributed by atoms with van der Waals surface area (Å²) < 4.78 is 13.2. The van der Waals surface area contributed by atoms with Crippen LogP contribution in [0.5, 0.6) is 0 Å². The third-order valence-corrected chi connectivity index (χ3v) is 6.27. The molecule has 1 fully saturated rings. The fourth-order valence-electron chi connectivity index (χ4n) is 3.41. The molecule has 1 aromatic heterocycles. The molecule has 1 amide bonds. The Kier molecular flexibility index (Phi) is 5.45. The second kappa shape index (κ2) is 8.19. The molecule has 30 heavy (non-hydrogen) atoms. The van der Waals surface area contributed by atoms with Gasteiger partial charge in [0.25, 0.3) is 11.6 Å². The number of nitro benzene ring substituents is 1. The van der Waals surface area contributed by atoms with Crippen molar-refractivity contribution in [2.45, 2.75) is 6.92 Å². The fraction of sp³-hybridized carbons (Fsp3) is 0.238. The van der Waals surface area contributed by atoms with E-state index in [0.29, 0.717) is 41.8 Å². The summed E-state index contributed by atoms with van der Waals surface area (Å²) in [5.41, 5.74) is 2.42. The Morgan fingerprint density at radius 3 is 2.30 bits per heavy atom. The van der Waals surface area contributed by atoms with Crippen LogP contribution in [0.3, 0.4) is 0 Å². The van der Waals surface area contributed by atoms with E-state index in [2.05, 4.69) is 9.88 Å². The second-order valence-electron chi connectivity index (χ2n) is 6.99. The van der Waals surface area contributed by atoms with Crippen molar-refractivity contribution in [3.63, 3.8) is 0 Å². The number of nitro groups is 1. The average molecular weight is 426 g/mol. The maximum Gasteiger partial charge on any atom is 0.269 e. The van der Waals surface area contributed by atoms with Gasteiger partial charge in [-0.1, -0.05) is 0 Å². The number of aromatic nitrogens is 1. The predicted octanol–water partition coefficient (Wildman–Crippen LogP) is 4.13. The molecule has 0 radical (unpaired) electrons. The van der Waals surface area contributed by atoms with E-state index in [0.717, 1.165) is 11.3 Å². The Morgan fingerprint density at radius 1 is 1.07 bits per heavy atom. The maximum absolute atomic E-state index is 13.2. The van der Waals surface area contributed by atoms with Crippen LogP contribution >= 0.6 is 11.3 Å². The fourth-order valence-corrected chi connectivity index (χ4v) is 4.45. The van der Waals surface area contributed by atoms with Crippen LogP contribution in [0.4, 0.5) is 15.8 Å². The van der Waals surface area contributed by atoms with Gasteiger partial charge in [-0.2, -0.15) is 0 Å². The lowest BCUT2D eigenvalue weighted by Crippen LogP contribution is -2.48. The topological polar surface area (TPSA) is 79.6 Å². The summed E-state index contributed by atoms with van der Waals surface area (Å²) in [5.74, 6) is -0.365. The number of hydrogen-bond donors (Lipinski definition) is 0. The molecule has 4 rings (SSSR count). The number of carbonyl (C=O) groups is 1. The molecule has 3 aromatic rings. The summed E-state index contributed by atoms with van der Waals surface area (Å²) in [7, 11) is 0. The highest BCUT2D eigenvalue weighted by atomic mass is 32.1. The minimum Gasteiger partial charge on any atom is -0.368 e. The standard InChI is InChI=1S/C21H19FN4O3S/c1-14-19(30-20(23-14)15-2-4-16(22)5-3-15)21(27)25-12-10-24(11-13-25)17-6-8-18(9-7-17)26(28)29/h2-9H,10-13H2,1H3. The van der Waals surface area contributed by atoms with Gasteiger partial charge in [0.2, 0.25) is 0 Å². The Bertz CT molecular complexity index is 1070. The molecule has 9 heteroatoms. The van der Waals surface area contributed by atoms with Crippen molar-refractivity contribution in [2.24, 2.45) is 0 Å². The van der Waals surface area contributed by atoms with Crippen LogP contribution in [0.2, 0.25) is 0 Å². The first-order valence-electron chi connectivity index (χ1n) is 9.44. The van der Waals surface area contributed by atoms with Crippen LogP contribution < -0.4 is 4.90 Å². The summed E-state index contributed by atoms with van der Waals surface area (Å²) in [6.07, 6.45) is 0. The van der Waals surface area contributed by atoms with Gasteiger partial charge in [-0.15, -0.1) is 11.3 Å². The highest BCUT2D eigenvalue weighted by Crippen LogP contribution is 2.29. The molecule has 0 saturated carbocycles. The zero-order chi connectivity index (χ0) is 21.3. The van der Waals surface area contributed by atoms with E-state index in [4.69, 9.17) is 0 Å². The van der Waals surface area contributed by atoms with Gasteiger partial charge in [0, 0.05) is 49.6 Å². The van der Waals surface area contributed by atoms with Crippen LogP contribution in [0.25, 0.3) is 10.6 Å². The van der Waals surface area contributed by atoms with Crippen molar-refractivity contribution < 1.29 is 14.1 Å². The summed E-state index contributed by atoms with van der Waals surface area (Å²) in [4.78, 5) is 32.4. The first-order chi connectivity index (χ1) is 14.4. The Morgan fingerprint density at radius 2 is 1.70 bits per heavy atom. The van der Waals surface area contributed by atoms with Gasteiger partial charge in [0.1, 0.15) is 15.7 Å². The maximum atomic E-state index is 13.2. The van der Waals surface area contributed by atoms with Crippen LogP contribution in [-0.2, 0) is 0 Å². The SMILES string of the molecule is Cc1nc(-c2ccc(F)cc2)sc1C(=O)N1CCN(c2ccc([N+](=O)[O-])cc2)CC1. The lowest BCUT2D eigenvalue weighted by atomic mass is 10.2. The van der Waals surface area contributed by atoms with Crippen LogP contribution in [0, 0.1) is 22.9 Å². The van der Waals surface area contributed by atoms with Crippen LogP contribution in [0.15, 0.2) is 48.5 Å². The second-order valence-corrected chi connectivity index (χ2v) is 7.99. The zero-order valence-electron chi connectivity index (χ0n) is 16.2. The van der Waals surface area contributed by atoms with E-state index in [1.54, 1.807) is 29.2 Å². The molecule has 1 aliphatic rings. The quantitative estimate of drug-likeness (QED) is 0.463. The molecule has 7 nitrogen and oxygen atoms in total. The lowest BCUT2D eigenvalue weighted by Gasteiger charge is -2.36. The average Bonchev–Trinajstić information content (AvgIpc) is 3.15. The van der Waals surface area contributed by atoms with Crippen LogP contribution in [0.1, 0.15) is 15.4 Å². The number of benzene rings is 2. The van der Waals surface area contributed by atoms with E-state index in [9.17, 15) is 19.3 Å². The number of anilines is 1. The van der Waals surface area contributed by atoms with Crippen molar-refractivity contribution in [1.82, 2.24) is 9.88 Å². The van der Waals surface area contributed by atoms with E-state index < -0.39 is 4.92 Å². The van der Waals surface area contributed by atoms with E-state index in [1.165, 1.54) is 35.6 Å². The molecule has 0 unspecified atom stereocenters. The van der Waals surface area contributed by atoms with Crippen molar-refractivity contribution in [3.05, 3.63) is 75.0 Å². The Labute approximate surface area is 176 Å². The number of halogens is 1. The Balaban J connectivity index is 1.43. The first-order valence-corrected chi connectivity index (χ1v) is 10.3. The van der Waals surface area contributed by atoms with Crippen molar-refractivity contribution in [1.29, 1.82) is 0 Å². The molecular weight excluding hydrogens is 407 g/mol. The first kappa shape index (κ1) is 20.0. The van der Waals surface area contributed by atoms with E-state index in [1.807, 2.05) is 6.92 Å². The summed E-state index contributed by atoms with van der Waals surface area (Å²) in [6.45, 7) is 4.21. The van der Waals surface area contributed by atoms with Gasteiger partial charge in [0.15, 0.2) is 0 Å². The molecule has 0 atom stereocenters. The van der Waals surface area contributed by atoms with Crippen LogP contribution in [-0.4, -0.2) is 46.9 Å². The van der Waals surface area contributed by atoms with E-state index in [-0.39, 0.29) is 17.4 Å². The molecule has 1 aliphatic heterocycles. The number of amides is 1. The normalized spacial score (nSPS) is 14.1. The van der Waals surface area contributed by atoms with Crippen molar-refractivity contribution in [3.8, 4) is 10.6 Å². The highest BCUT2D eigenvalue weighted by molar-refractivity contribution is 7.17. The minimum atomic E-state index is -0.419. The monoisotopic (exact) mass is 426 g/mol. The third kappa shape index (κ3) is 4.02. The van der Waals surface area contributed by atoms with Gasteiger partial charge in [-0.25, -0.2) is 9.37 Å². The van der Waals surface area contributed by atoms with Gasteiger partial charge in [-0.3, -0.25) is 14.9 Å². The molecule has 2 heterocycles. The number of carbonyl (C=O) groups excluding carboxylic acids is 1. The van der Waals surface area contributed by atoms with E-state index >= 15 is 0 Å². The highest BCUT2D eigenvalue weighted by Gasteiger charge is 2.26. The molecular formula is C21H19FN4O3S. The molecule has 154 valence electrons. The predicted molar refractivity (Wildman–Crippen MR) is 113 cm³/mol. The number of rotatable bonds is 4. The summed E-state index contributed by atoms with van der Waals surface area (Å²) in [6, 6.07) is 12.5. The minimum absolute atomic E-state index is 0.0540. The molecule has 0 aliphatic carbocycles. The molecule has 2 aromatic carbocycles. The summed E-state index contributed by atoms with van der Waals surface area (Å²) in [5, 5.41) is 11.5. The molecule has 0 N–H and O–H groups in total. The van der Waals surface area contributed by atoms with Gasteiger partial charge >= 0.3 is 0 Å². The van der Waals surface area contributed by atoms with Gasteiger partial charge in [-0.05, 0) is 43.3 Å². The largest absolute Gasteiger partial charge is 0.368 e. The molecule has 0 bridgehead atoms.